The Balaban J connectivity index is 2.73. The first-order valence-electron chi connectivity index (χ1n) is 5.36. The molecule has 0 heterocycles. The summed E-state index contributed by atoms with van der Waals surface area (Å²) >= 11 is 3.37. The van der Waals surface area contributed by atoms with E-state index < -0.39 is 10.0 Å². The number of hydrogen-bond donors (Lipinski definition) is 2. The van der Waals surface area contributed by atoms with Gasteiger partial charge in [0.2, 0.25) is 10.0 Å². The fourth-order valence-electron chi connectivity index (χ4n) is 1.38. The molecule has 0 aliphatic rings. The SMILES string of the molecule is CNCCCS(=O)(=O)Nc1cccc(Br)c1C. The highest BCUT2D eigenvalue weighted by Crippen LogP contribution is 2.24. The van der Waals surface area contributed by atoms with E-state index >= 15 is 0 Å². The zero-order valence-corrected chi connectivity index (χ0v) is 12.4. The number of nitrogens with one attached hydrogen (secondary N) is 2. The van der Waals surface area contributed by atoms with Gasteiger partial charge in [0.25, 0.3) is 0 Å². The molecule has 0 unspecified atom stereocenters. The van der Waals surface area contributed by atoms with Crippen LogP contribution in [0.4, 0.5) is 5.69 Å². The molecule has 0 spiro atoms. The summed E-state index contributed by atoms with van der Waals surface area (Å²) < 4.78 is 27.1. The second-order valence-corrected chi connectivity index (χ2v) is 6.49. The molecule has 6 heteroatoms. The molecule has 2 N–H and O–H groups in total. The first kappa shape index (κ1) is 14.5. The molecule has 0 aliphatic carbocycles. The third-order valence-corrected chi connectivity index (χ3v) is 4.59. The second kappa shape index (κ2) is 6.37. The number of anilines is 1. The van der Waals surface area contributed by atoms with E-state index in [9.17, 15) is 8.42 Å². The van der Waals surface area contributed by atoms with Gasteiger partial charge in [-0.25, -0.2) is 8.42 Å². The van der Waals surface area contributed by atoms with E-state index in [1.165, 1.54) is 0 Å². The molecular formula is C11H17BrN2O2S. The maximum Gasteiger partial charge on any atom is 0.232 e. The number of hydrogen-bond acceptors (Lipinski definition) is 3. The Morgan fingerprint density at radius 2 is 2.06 bits per heavy atom. The summed E-state index contributed by atoms with van der Waals surface area (Å²) in [6.45, 7) is 2.56. The highest BCUT2D eigenvalue weighted by Gasteiger charge is 2.11. The molecule has 0 bridgehead atoms. The third-order valence-electron chi connectivity index (χ3n) is 2.37. The van der Waals surface area contributed by atoms with E-state index in [2.05, 4.69) is 26.0 Å². The van der Waals surface area contributed by atoms with E-state index in [0.717, 1.165) is 10.0 Å². The van der Waals surface area contributed by atoms with Crippen molar-refractivity contribution in [3.05, 3.63) is 28.2 Å². The van der Waals surface area contributed by atoms with Crippen LogP contribution in [0.3, 0.4) is 0 Å². The van der Waals surface area contributed by atoms with E-state index in [1.807, 2.05) is 19.1 Å². The molecule has 4 nitrogen and oxygen atoms in total. The van der Waals surface area contributed by atoms with Crippen molar-refractivity contribution in [2.24, 2.45) is 0 Å². The highest BCUT2D eigenvalue weighted by molar-refractivity contribution is 9.10. The highest BCUT2D eigenvalue weighted by atomic mass is 79.9. The van der Waals surface area contributed by atoms with E-state index in [-0.39, 0.29) is 5.75 Å². The molecule has 0 aromatic heterocycles. The summed E-state index contributed by atoms with van der Waals surface area (Å²) in [6.07, 6.45) is 0.596. The Morgan fingerprint density at radius 1 is 1.35 bits per heavy atom. The fraction of sp³-hybridized carbons (Fsp3) is 0.455. The standard InChI is InChI=1S/C11H17BrN2O2S/c1-9-10(12)5-3-6-11(9)14-17(15,16)8-4-7-13-2/h3,5-6,13-14H,4,7-8H2,1-2H3. The Morgan fingerprint density at radius 3 is 2.71 bits per heavy atom. The van der Waals surface area contributed by atoms with Gasteiger partial charge in [-0.15, -0.1) is 0 Å². The van der Waals surface area contributed by atoms with Crippen LogP contribution in [-0.2, 0) is 10.0 Å². The van der Waals surface area contributed by atoms with E-state index in [1.54, 1.807) is 13.1 Å². The molecule has 0 aliphatic heterocycles. The maximum atomic E-state index is 11.8. The summed E-state index contributed by atoms with van der Waals surface area (Å²) in [6, 6.07) is 5.45. The summed E-state index contributed by atoms with van der Waals surface area (Å²) in [7, 11) is -1.45. The topological polar surface area (TPSA) is 58.2 Å². The van der Waals surface area contributed by atoms with Crippen molar-refractivity contribution in [3.63, 3.8) is 0 Å². The summed E-state index contributed by atoms with van der Waals surface area (Å²) in [5, 5.41) is 2.92. The van der Waals surface area contributed by atoms with Crippen molar-refractivity contribution in [3.8, 4) is 0 Å². The van der Waals surface area contributed by atoms with Crippen LogP contribution in [0.15, 0.2) is 22.7 Å². The number of halogens is 1. The van der Waals surface area contributed by atoms with Gasteiger partial charge in [0.15, 0.2) is 0 Å². The van der Waals surface area contributed by atoms with Gasteiger partial charge < -0.3 is 5.32 Å². The van der Waals surface area contributed by atoms with Crippen LogP contribution in [0.5, 0.6) is 0 Å². The average Bonchev–Trinajstić information content (AvgIpc) is 2.25. The lowest BCUT2D eigenvalue weighted by Gasteiger charge is -2.11. The molecule has 0 atom stereocenters. The first-order valence-corrected chi connectivity index (χ1v) is 7.81. The van der Waals surface area contributed by atoms with Crippen LogP contribution in [0.2, 0.25) is 0 Å². The van der Waals surface area contributed by atoms with Crippen LogP contribution in [0.25, 0.3) is 0 Å². The lowest BCUT2D eigenvalue weighted by molar-refractivity contribution is 0.597. The molecule has 17 heavy (non-hydrogen) atoms. The van der Waals surface area contributed by atoms with Crippen LogP contribution in [0, 0.1) is 6.92 Å². The quantitative estimate of drug-likeness (QED) is 0.789. The molecule has 0 saturated carbocycles. The van der Waals surface area contributed by atoms with E-state index in [4.69, 9.17) is 0 Å². The zero-order valence-electron chi connectivity index (χ0n) is 9.96. The predicted octanol–water partition coefficient (Wildman–Crippen LogP) is 2.11. The number of rotatable bonds is 6. The molecule has 96 valence electrons. The van der Waals surface area contributed by atoms with Crippen molar-refractivity contribution < 1.29 is 8.42 Å². The fourth-order valence-corrected chi connectivity index (χ4v) is 2.92. The van der Waals surface area contributed by atoms with Gasteiger partial charge in [-0.3, -0.25) is 4.72 Å². The van der Waals surface area contributed by atoms with Crippen LogP contribution >= 0.6 is 15.9 Å². The molecule has 1 aromatic rings. The minimum Gasteiger partial charge on any atom is -0.320 e. The van der Waals surface area contributed by atoms with Crippen LogP contribution < -0.4 is 10.0 Å². The zero-order chi connectivity index (χ0) is 12.9. The van der Waals surface area contributed by atoms with Gasteiger partial charge in [0.1, 0.15) is 0 Å². The largest absolute Gasteiger partial charge is 0.320 e. The minimum atomic E-state index is -3.26. The van der Waals surface area contributed by atoms with E-state index in [0.29, 0.717) is 18.7 Å². The third kappa shape index (κ3) is 4.65. The Labute approximate surface area is 111 Å². The Hall–Kier alpha value is -0.590. The average molecular weight is 321 g/mol. The molecule has 0 amide bonds. The monoisotopic (exact) mass is 320 g/mol. The van der Waals surface area contributed by atoms with Crippen LogP contribution in [0.1, 0.15) is 12.0 Å². The number of sulfonamides is 1. The van der Waals surface area contributed by atoms with Gasteiger partial charge in [-0.2, -0.15) is 0 Å². The molecule has 1 rings (SSSR count). The molecule has 0 fully saturated rings. The van der Waals surface area contributed by atoms with Crippen LogP contribution in [-0.4, -0.2) is 27.8 Å². The smallest absolute Gasteiger partial charge is 0.232 e. The normalized spacial score (nSPS) is 11.5. The Kier molecular flexibility index (Phi) is 5.42. The molecule has 0 radical (unpaired) electrons. The molecule has 1 aromatic carbocycles. The van der Waals surface area contributed by atoms with Gasteiger partial charge in [0.05, 0.1) is 11.4 Å². The summed E-state index contributed by atoms with van der Waals surface area (Å²) in [5.41, 5.74) is 1.52. The van der Waals surface area contributed by atoms with Crippen molar-refractivity contribution in [2.45, 2.75) is 13.3 Å². The molecular weight excluding hydrogens is 304 g/mol. The minimum absolute atomic E-state index is 0.125. The lowest BCUT2D eigenvalue weighted by atomic mass is 10.2. The van der Waals surface area contributed by atoms with Gasteiger partial charge in [-0.1, -0.05) is 22.0 Å². The van der Waals surface area contributed by atoms with Crippen molar-refractivity contribution in [2.75, 3.05) is 24.1 Å². The summed E-state index contributed by atoms with van der Waals surface area (Å²) in [4.78, 5) is 0. The molecule has 0 saturated heterocycles. The predicted molar refractivity (Wildman–Crippen MR) is 74.8 cm³/mol. The van der Waals surface area contributed by atoms with Crippen molar-refractivity contribution >= 4 is 31.6 Å². The van der Waals surface area contributed by atoms with Gasteiger partial charge in [-0.05, 0) is 44.6 Å². The maximum absolute atomic E-state index is 11.8. The van der Waals surface area contributed by atoms with Gasteiger partial charge >= 0.3 is 0 Å². The van der Waals surface area contributed by atoms with Crippen molar-refractivity contribution in [1.29, 1.82) is 0 Å². The number of benzene rings is 1. The Bertz CT molecular complexity index is 474. The first-order chi connectivity index (χ1) is 7.96. The van der Waals surface area contributed by atoms with Crippen molar-refractivity contribution in [1.82, 2.24) is 5.32 Å². The van der Waals surface area contributed by atoms with Gasteiger partial charge in [0, 0.05) is 4.47 Å². The second-order valence-electron chi connectivity index (χ2n) is 3.79. The lowest BCUT2D eigenvalue weighted by Crippen LogP contribution is -2.20. The summed E-state index contributed by atoms with van der Waals surface area (Å²) in [5.74, 6) is 0.125.